The van der Waals surface area contributed by atoms with Gasteiger partial charge in [-0.05, 0) is 34.9 Å². The molecule has 0 saturated carbocycles. The number of cyclic esters (lactones) is 1. The highest BCUT2D eigenvalue weighted by atomic mass is 32.2. The maximum absolute atomic E-state index is 14.6. The highest BCUT2D eigenvalue weighted by Gasteiger charge is 2.58. The predicted molar refractivity (Wildman–Crippen MR) is 199 cm³/mol. The van der Waals surface area contributed by atoms with Crippen LogP contribution in [0.5, 0.6) is 0 Å². The Balaban J connectivity index is 1.16. The third kappa shape index (κ3) is 7.92. The predicted octanol–water partition coefficient (Wildman–Crippen LogP) is 7.14. The average Bonchev–Trinajstić information content (AvgIpc) is 3.56. The number of hydrogen-bond acceptors (Lipinski definition) is 6. The van der Waals surface area contributed by atoms with Crippen LogP contribution in [-0.2, 0) is 26.3 Å². The van der Waals surface area contributed by atoms with Crippen LogP contribution in [0, 0.1) is 0 Å². The summed E-state index contributed by atoms with van der Waals surface area (Å²) >= 11 is 1.55. The number of likely N-dealkylation sites (tertiary alicyclic amines) is 1. The minimum absolute atomic E-state index is 0.104. The number of β-lactam (4-membered cyclic amide) rings is 1. The summed E-state index contributed by atoms with van der Waals surface area (Å²) in [6.07, 6.45) is -1.24. The van der Waals surface area contributed by atoms with Crippen molar-refractivity contribution in [1.82, 2.24) is 14.7 Å². The minimum atomic E-state index is -4.46. The lowest BCUT2D eigenvalue weighted by atomic mass is 9.88. The lowest BCUT2D eigenvalue weighted by Gasteiger charge is -2.53. The lowest BCUT2D eigenvalue weighted by Crippen LogP contribution is -2.75. The molecule has 3 saturated heterocycles. The summed E-state index contributed by atoms with van der Waals surface area (Å²) in [7, 11) is 0. The number of amides is 3. The van der Waals surface area contributed by atoms with Gasteiger partial charge in [0.15, 0.2) is 0 Å². The molecule has 3 heterocycles. The van der Waals surface area contributed by atoms with Crippen molar-refractivity contribution in [2.75, 3.05) is 43.4 Å². The molecule has 0 bridgehead atoms. The SMILES string of the molecule is O=C([C@@H](CSCc1ccccc1)N1C(=O)[C@@H](N2C(=O)OC[C@@H]2c2ccccc2)[C@H]1/C=C/c1ccccc1)N1CCN(c2cccc(C(F)(F)F)c2)CC1. The van der Waals surface area contributed by atoms with Gasteiger partial charge in [-0.3, -0.25) is 14.5 Å². The van der Waals surface area contributed by atoms with Gasteiger partial charge in [-0.2, -0.15) is 24.9 Å². The normalized spacial score (nSPS) is 21.2. The largest absolute Gasteiger partial charge is 0.447 e. The minimum Gasteiger partial charge on any atom is -0.447 e. The number of piperazine rings is 1. The molecule has 4 aromatic rings. The standard InChI is InChI=1S/C41H39F3N4O4S/c42-41(43,44)32-17-10-18-33(25-32)45-21-23-46(24-22-45)38(49)36(28-53-27-30-13-6-2-7-14-30)47-34(20-19-29-11-4-1-5-12-29)37(39(47)50)48-35(26-52-40(48)51)31-15-8-3-9-16-31/h1-20,25,34-37H,21-24,26-28H2/b20-19+/t34-,35-,36-,37+/m1/s1. The number of carbonyl (C=O) groups excluding carboxylic acids is 3. The monoisotopic (exact) mass is 740 g/mol. The van der Waals surface area contributed by atoms with E-state index in [1.54, 1.807) is 27.6 Å². The van der Waals surface area contributed by atoms with Crippen molar-refractivity contribution in [2.24, 2.45) is 0 Å². The van der Waals surface area contributed by atoms with E-state index in [1.807, 2.05) is 108 Å². The van der Waals surface area contributed by atoms with Gasteiger partial charge in [0.1, 0.15) is 18.7 Å². The second-order valence-electron chi connectivity index (χ2n) is 13.2. The molecular weight excluding hydrogens is 702 g/mol. The fourth-order valence-corrected chi connectivity index (χ4v) is 8.28. The first-order chi connectivity index (χ1) is 25.7. The Labute approximate surface area is 310 Å². The lowest BCUT2D eigenvalue weighted by molar-refractivity contribution is -0.164. The molecule has 4 atom stereocenters. The van der Waals surface area contributed by atoms with Crippen LogP contribution in [-0.4, -0.2) is 89.3 Å². The maximum Gasteiger partial charge on any atom is 0.416 e. The summed E-state index contributed by atoms with van der Waals surface area (Å²) in [6.45, 7) is 1.33. The number of thioether (sulfide) groups is 1. The number of halogens is 3. The molecule has 0 spiro atoms. The quantitative estimate of drug-likeness (QED) is 0.152. The van der Waals surface area contributed by atoms with Crippen molar-refractivity contribution in [3.63, 3.8) is 0 Å². The highest BCUT2D eigenvalue weighted by Crippen LogP contribution is 2.39. The van der Waals surface area contributed by atoms with E-state index in [0.29, 0.717) is 30.3 Å². The molecule has 3 fully saturated rings. The first-order valence-corrected chi connectivity index (χ1v) is 18.7. The number of benzene rings is 4. The zero-order chi connectivity index (χ0) is 37.0. The van der Waals surface area contributed by atoms with Crippen molar-refractivity contribution < 1.29 is 32.3 Å². The number of alkyl halides is 3. The summed E-state index contributed by atoms with van der Waals surface area (Å²) in [5.41, 5.74) is 2.55. The Bertz CT molecular complexity index is 1920. The Morgan fingerprint density at radius 3 is 2.19 bits per heavy atom. The molecule has 8 nitrogen and oxygen atoms in total. The first-order valence-electron chi connectivity index (χ1n) is 17.6. The molecule has 0 aliphatic carbocycles. The van der Waals surface area contributed by atoms with Crippen LogP contribution in [0.3, 0.4) is 0 Å². The van der Waals surface area contributed by atoms with Crippen molar-refractivity contribution in [3.05, 3.63) is 144 Å². The second-order valence-corrected chi connectivity index (χ2v) is 14.3. The third-order valence-corrected chi connectivity index (χ3v) is 11.1. The van der Waals surface area contributed by atoms with Gasteiger partial charge in [0.25, 0.3) is 0 Å². The number of anilines is 1. The summed E-state index contributed by atoms with van der Waals surface area (Å²) < 4.78 is 45.9. The summed E-state index contributed by atoms with van der Waals surface area (Å²) in [6, 6.07) is 31.3. The zero-order valence-corrected chi connectivity index (χ0v) is 29.7. The van der Waals surface area contributed by atoms with E-state index in [2.05, 4.69) is 0 Å². The van der Waals surface area contributed by atoms with E-state index >= 15 is 0 Å². The third-order valence-electron chi connectivity index (χ3n) is 9.97. The van der Waals surface area contributed by atoms with Gasteiger partial charge in [0, 0.05) is 43.4 Å². The Morgan fingerprint density at radius 1 is 0.849 bits per heavy atom. The fourth-order valence-electron chi connectivity index (χ4n) is 7.21. The summed E-state index contributed by atoms with van der Waals surface area (Å²) in [5, 5.41) is 0. The molecule has 4 aromatic carbocycles. The van der Waals surface area contributed by atoms with Crippen LogP contribution in [0.25, 0.3) is 6.08 Å². The fraction of sp³-hybridized carbons (Fsp3) is 0.293. The molecule has 0 unspecified atom stereocenters. The van der Waals surface area contributed by atoms with Crippen molar-refractivity contribution in [2.45, 2.75) is 36.1 Å². The van der Waals surface area contributed by atoms with Gasteiger partial charge in [-0.1, -0.05) is 109 Å². The molecule has 3 amide bonds. The van der Waals surface area contributed by atoms with Crippen LogP contribution >= 0.6 is 11.8 Å². The smallest absolute Gasteiger partial charge is 0.416 e. The average molecular weight is 741 g/mol. The van der Waals surface area contributed by atoms with Gasteiger partial charge in [-0.15, -0.1) is 0 Å². The van der Waals surface area contributed by atoms with E-state index in [1.165, 1.54) is 11.0 Å². The molecule has 274 valence electrons. The number of ether oxygens (including phenoxy) is 1. The van der Waals surface area contributed by atoms with Gasteiger partial charge in [0.05, 0.1) is 17.6 Å². The van der Waals surface area contributed by atoms with Crippen molar-refractivity contribution in [3.8, 4) is 0 Å². The van der Waals surface area contributed by atoms with Crippen LogP contribution in [0.15, 0.2) is 121 Å². The van der Waals surface area contributed by atoms with Crippen molar-refractivity contribution >= 4 is 41.4 Å². The van der Waals surface area contributed by atoms with E-state index < -0.39 is 42.0 Å². The van der Waals surface area contributed by atoms with Crippen LogP contribution in [0.4, 0.5) is 23.7 Å². The number of rotatable bonds is 11. The number of hydrogen-bond donors (Lipinski definition) is 0. The van der Waals surface area contributed by atoms with Gasteiger partial charge in [-0.25, -0.2) is 4.79 Å². The van der Waals surface area contributed by atoms with Gasteiger partial charge < -0.3 is 19.4 Å². The Kier molecular flexibility index (Phi) is 10.8. The van der Waals surface area contributed by atoms with E-state index in [0.717, 1.165) is 28.8 Å². The number of nitrogens with zero attached hydrogens (tertiary/aromatic N) is 4. The molecule has 53 heavy (non-hydrogen) atoms. The molecule has 0 N–H and O–H groups in total. The topological polar surface area (TPSA) is 73.4 Å². The van der Waals surface area contributed by atoms with Gasteiger partial charge >= 0.3 is 12.3 Å². The van der Waals surface area contributed by atoms with Crippen molar-refractivity contribution in [1.29, 1.82) is 0 Å². The molecule has 0 aromatic heterocycles. The molecule has 12 heteroatoms. The van der Waals surface area contributed by atoms with E-state index in [-0.39, 0.29) is 31.5 Å². The van der Waals surface area contributed by atoms with Gasteiger partial charge in [0.2, 0.25) is 11.8 Å². The highest BCUT2D eigenvalue weighted by molar-refractivity contribution is 7.98. The molecule has 3 aliphatic rings. The summed E-state index contributed by atoms with van der Waals surface area (Å²) in [4.78, 5) is 49.0. The van der Waals surface area contributed by atoms with E-state index in [9.17, 15) is 27.6 Å². The van der Waals surface area contributed by atoms with Crippen LogP contribution in [0.1, 0.15) is 28.3 Å². The van der Waals surface area contributed by atoms with E-state index in [4.69, 9.17) is 4.74 Å². The summed E-state index contributed by atoms with van der Waals surface area (Å²) in [5.74, 6) is 0.359. The molecule has 0 radical (unpaired) electrons. The molecule has 3 aliphatic heterocycles. The first kappa shape index (κ1) is 36.1. The van der Waals surface area contributed by atoms with Crippen LogP contribution in [0.2, 0.25) is 0 Å². The molecule has 7 rings (SSSR count). The molecular formula is C41H39F3N4O4S. The second kappa shape index (κ2) is 15.8. The Morgan fingerprint density at radius 2 is 1.51 bits per heavy atom. The number of carbonyl (C=O) groups is 3. The zero-order valence-electron chi connectivity index (χ0n) is 28.8. The Hall–Kier alpha value is -5.23. The maximum atomic E-state index is 14.6. The van der Waals surface area contributed by atoms with Crippen LogP contribution < -0.4 is 4.90 Å².